The largest absolute Gasteiger partial charge is 0.349 e. The summed E-state index contributed by atoms with van der Waals surface area (Å²) in [4.78, 5) is 18.2. The summed E-state index contributed by atoms with van der Waals surface area (Å²) in [5.41, 5.74) is 0.173. The summed E-state index contributed by atoms with van der Waals surface area (Å²) < 4.78 is 5.71. The lowest BCUT2D eigenvalue weighted by atomic mass is 9.92. The van der Waals surface area contributed by atoms with E-state index in [4.69, 9.17) is 21.2 Å². The van der Waals surface area contributed by atoms with E-state index in [0.29, 0.717) is 18.2 Å². The first kappa shape index (κ1) is 16.3. The van der Waals surface area contributed by atoms with Crippen molar-refractivity contribution in [3.05, 3.63) is 34.9 Å². The van der Waals surface area contributed by atoms with Crippen LogP contribution in [0.1, 0.15) is 39.2 Å². The van der Waals surface area contributed by atoms with Crippen molar-refractivity contribution >= 4 is 17.5 Å². The Balaban J connectivity index is 2.05. The molecule has 1 atom stereocenters. The fraction of sp³-hybridized carbons (Fsp3) is 0.562. The summed E-state index contributed by atoms with van der Waals surface area (Å²) in [7, 11) is 0. The van der Waals surface area contributed by atoms with E-state index in [0.717, 1.165) is 18.4 Å². The molecule has 1 heterocycles. The highest BCUT2D eigenvalue weighted by molar-refractivity contribution is 6.31. The maximum Gasteiger partial charge on any atom is 0.257 e. The minimum Gasteiger partial charge on any atom is -0.349 e. The third kappa shape index (κ3) is 3.57. The third-order valence-electron chi connectivity index (χ3n) is 3.63. The van der Waals surface area contributed by atoms with Gasteiger partial charge in [0.1, 0.15) is 0 Å². The van der Waals surface area contributed by atoms with Crippen LogP contribution < -0.4 is 0 Å². The topological polar surface area (TPSA) is 38.8 Å². The zero-order valence-corrected chi connectivity index (χ0v) is 13.5. The van der Waals surface area contributed by atoms with E-state index in [-0.39, 0.29) is 5.91 Å². The molecule has 0 saturated carbocycles. The molecular weight excluding hydrogens is 290 g/mol. The number of carbonyl (C=O) groups excluding carboxylic acids is 1. The summed E-state index contributed by atoms with van der Waals surface area (Å²) in [5.74, 6) is -0.0797. The second kappa shape index (κ2) is 6.77. The molecule has 116 valence electrons. The molecule has 1 aromatic rings. The van der Waals surface area contributed by atoms with Crippen LogP contribution in [0.5, 0.6) is 0 Å². The molecule has 1 fully saturated rings. The number of unbranched alkanes of at least 4 members (excludes halogenated alkanes) is 1. The lowest BCUT2D eigenvalue weighted by molar-refractivity contribution is -0.248. The molecule has 2 rings (SSSR count). The zero-order valence-electron chi connectivity index (χ0n) is 12.8. The van der Waals surface area contributed by atoms with Gasteiger partial charge in [0.05, 0.1) is 12.0 Å². The Kier molecular flexibility index (Phi) is 5.25. The van der Waals surface area contributed by atoms with Gasteiger partial charge in [-0.15, -0.1) is 0 Å². The van der Waals surface area contributed by atoms with Crippen molar-refractivity contribution in [1.82, 2.24) is 5.06 Å². The summed E-state index contributed by atoms with van der Waals surface area (Å²) in [6.07, 6.45) is 1.46. The number of hydroxylamine groups is 2. The number of ether oxygens (including phenoxy) is 1. The van der Waals surface area contributed by atoms with Crippen molar-refractivity contribution in [1.29, 1.82) is 0 Å². The normalized spacial score (nSPS) is 21.0. The van der Waals surface area contributed by atoms with Crippen molar-refractivity contribution in [3.8, 4) is 0 Å². The number of nitrogens with zero attached hydrogens (tertiary/aromatic N) is 1. The smallest absolute Gasteiger partial charge is 0.257 e. The summed E-state index contributed by atoms with van der Waals surface area (Å²) in [5, 5.41) is 1.99. The predicted octanol–water partition coefficient (Wildman–Crippen LogP) is 3.78. The molecule has 0 N–H and O–H groups in total. The second-order valence-corrected chi connectivity index (χ2v) is 6.22. The Bertz CT molecular complexity index is 504. The van der Waals surface area contributed by atoms with Crippen molar-refractivity contribution in [3.63, 3.8) is 0 Å². The average molecular weight is 312 g/mol. The fourth-order valence-electron chi connectivity index (χ4n) is 2.18. The SMILES string of the molecule is CCCCOC1ON(Cc2ccccc2Cl)C(=O)C1(C)C. The molecule has 21 heavy (non-hydrogen) atoms. The molecule has 0 aromatic heterocycles. The molecule has 1 aromatic carbocycles. The second-order valence-electron chi connectivity index (χ2n) is 5.82. The number of hydrogen-bond acceptors (Lipinski definition) is 3. The molecule has 0 spiro atoms. The Morgan fingerprint density at radius 3 is 2.76 bits per heavy atom. The van der Waals surface area contributed by atoms with E-state index in [9.17, 15) is 4.79 Å². The first-order chi connectivity index (χ1) is 9.96. The fourth-order valence-corrected chi connectivity index (χ4v) is 2.38. The van der Waals surface area contributed by atoms with Crippen molar-refractivity contribution in [2.45, 2.75) is 46.4 Å². The van der Waals surface area contributed by atoms with Crippen LogP contribution in [0.3, 0.4) is 0 Å². The van der Waals surface area contributed by atoms with Gasteiger partial charge >= 0.3 is 0 Å². The number of benzene rings is 1. The van der Waals surface area contributed by atoms with Crippen LogP contribution in [-0.2, 0) is 20.9 Å². The maximum atomic E-state index is 12.5. The maximum absolute atomic E-state index is 12.5. The summed E-state index contributed by atoms with van der Waals surface area (Å²) in [6, 6.07) is 7.44. The monoisotopic (exact) mass is 311 g/mol. The van der Waals surface area contributed by atoms with Crippen LogP contribution in [-0.4, -0.2) is 23.9 Å². The van der Waals surface area contributed by atoms with E-state index in [1.165, 1.54) is 5.06 Å². The van der Waals surface area contributed by atoms with Gasteiger partial charge in [-0.1, -0.05) is 43.1 Å². The number of carbonyl (C=O) groups is 1. The van der Waals surface area contributed by atoms with Gasteiger partial charge in [-0.05, 0) is 31.9 Å². The van der Waals surface area contributed by atoms with Gasteiger partial charge in [-0.25, -0.2) is 9.90 Å². The average Bonchev–Trinajstić information content (AvgIpc) is 2.66. The van der Waals surface area contributed by atoms with E-state index in [1.807, 2.05) is 32.0 Å². The van der Waals surface area contributed by atoms with Gasteiger partial charge in [0, 0.05) is 11.6 Å². The number of halogens is 1. The van der Waals surface area contributed by atoms with Crippen LogP contribution in [0.4, 0.5) is 0 Å². The molecule has 1 unspecified atom stereocenters. The van der Waals surface area contributed by atoms with Crippen molar-refractivity contribution in [2.24, 2.45) is 5.41 Å². The summed E-state index contributed by atoms with van der Waals surface area (Å²) >= 11 is 6.14. The first-order valence-electron chi connectivity index (χ1n) is 7.30. The van der Waals surface area contributed by atoms with Crippen LogP contribution in [0, 0.1) is 5.41 Å². The zero-order chi connectivity index (χ0) is 15.5. The van der Waals surface area contributed by atoms with E-state index < -0.39 is 11.7 Å². The summed E-state index contributed by atoms with van der Waals surface area (Å²) in [6.45, 7) is 6.71. The molecule has 5 heteroatoms. The Hall–Kier alpha value is -1.10. The molecule has 0 bridgehead atoms. The predicted molar refractivity (Wildman–Crippen MR) is 81.5 cm³/mol. The molecular formula is C16H22ClNO3. The highest BCUT2D eigenvalue weighted by Crippen LogP contribution is 2.36. The lowest BCUT2D eigenvalue weighted by Crippen LogP contribution is -2.34. The molecule has 1 aliphatic heterocycles. The molecule has 0 radical (unpaired) electrons. The molecule has 1 saturated heterocycles. The highest BCUT2D eigenvalue weighted by atomic mass is 35.5. The van der Waals surface area contributed by atoms with Gasteiger partial charge in [0.2, 0.25) is 0 Å². The minimum atomic E-state index is -0.686. The highest BCUT2D eigenvalue weighted by Gasteiger charge is 2.50. The molecule has 0 aliphatic carbocycles. The van der Waals surface area contributed by atoms with E-state index in [1.54, 1.807) is 6.07 Å². The molecule has 1 amide bonds. The van der Waals surface area contributed by atoms with E-state index in [2.05, 4.69) is 6.92 Å². The lowest BCUT2D eigenvalue weighted by Gasteiger charge is -2.20. The third-order valence-corrected chi connectivity index (χ3v) is 4.00. The van der Waals surface area contributed by atoms with Crippen molar-refractivity contribution < 1.29 is 14.4 Å². The Labute approximate surface area is 130 Å². The number of amides is 1. The van der Waals surface area contributed by atoms with Crippen LogP contribution in [0.25, 0.3) is 0 Å². The minimum absolute atomic E-state index is 0.0797. The number of rotatable bonds is 6. The van der Waals surface area contributed by atoms with Gasteiger partial charge in [-0.3, -0.25) is 4.79 Å². The first-order valence-corrected chi connectivity index (χ1v) is 7.68. The van der Waals surface area contributed by atoms with Crippen LogP contribution >= 0.6 is 11.6 Å². The van der Waals surface area contributed by atoms with Gasteiger partial charge in [-0.2, -0.15) is 0 Å². The Morgan fingerprint density at radius 2 is 2.10 bits per heavy atom. The van der Waals surface area contributed by atoms with Gasteiger partial charge in [0.25, 0.3) is 5.91 Å². The van der Waals surface area contributed by atoms with Gasteiger partial charge in [0.15, 0.2) is 6.29 Å². The van der Waals surface area contributed by atoms with Crippen LogP contribution in [0.2, 0.25) is 5.02 Å². The van der Waals surface area contributed by atoms with E-state index >= 15 is 0 Å². The molecule has 1 aliphatic rings. The number of hydrogen-bond donors (Lipinski definition) is 0. The van der Waals surface area contributed by atoms with Crippen molar-refractivity contribution in [2.75, 3.05) is 6.61 Å². The standard InChI is InChI=1S/C16H22ClNO3/c1-4-5-10-20-15-16(2,3)14(19)18(21-15)11-12-8-6-7-9-13(12)17/h6-9,15H,4-5,10-11H2,1-3H3. The van der Waals surface area contributed by atoms with Gasteiger partial charge < -0.3 is 4.74 Å². The quantitative estimate of drug-likeness (QED) is 0.750. The molecule has 4 nitrogen and oxygen atoms in total. The Morgan fingerprint density at radius 1 is 1.38 bits per heavy atom. The van der Waals surface area contributed by atoms with Crippen LogP contribution in [0.15, 0.2) is 24.3 Å².